The Morgan fingerprint density at radius 2 is 1.72 bits per heavy atom. The van der Waals surface area contributed by atoms with Crippen molar-refractivity contribution < 1.29 is 19.7 Å². The van der Waals surface area contributed by atoms with Crippen molar-refractivity contribution in [2.45, 2.75) is 37.3 Å². The minimum Gasteiger partial charge on any atom is -0.395 e. The Morgan fingerprint density at radius 3 is 2.33 bits per heavy atom. The maximum Gasteiger partial charge on any atom is 0.0741 e. The first-order chi connectivity index (χ1) is 8.79. The van der Waals surface area contributed by atoms with E-state index in [-0.39, 0.29) is 18.8 Å². The van der Waals surface area contributed by atoms with Crippen molar-refractivity contribution in [2.75, 3.05) is 46.1 Å². The average molecular weight is 259 g/mol. The Balaban J connectivity index is 1.95. The van der Waals surface area contributed by atoms with Crippen LogP contribution in [0.25, 0.3) is 0 Å². The lowest BCUT2D eigenvalue weighted by molar-refractivity contribution is -0.152. The number of rotatable bonds is 5. The molecule has 2 fully saturated rings. The maximum atomic E-state index is 9.12. The second-order valence-electron chi connectivity index (χ2n) is 5.27. The zero-order valence-electron chi connectivity index (χ0n) is 11.0. The monoisotopic (exact) mass is 259 g/mol. The predicted molar refractivity (Wildman–Crippen MR) is 67.5 cm³/mol. The molecule has 1 spiro atoms. The molecule has 0 aromatic rings. The van der Waals surface area contributed by atoms with E-state index in [1.54, 1.807) is 0 Å². The lowest BCUT2D eigenvalue weighted by Crippen LogP contribution is -2.52. The van der Waals surface area contributed by atoms with Crippen molar-refractivity contribution in [3.05, 3.63) is 0 Å². The van der Waals surface area contributed by atoms with Crippen LogP contribution < -0.4 is 0 Å². The van der Waals surface area contributed by atoms with Crippen LogP contribution in [0.2, 0.25) is 0 Å². The fourth-order valence-corrected chi connectivity index (χ4v) is 3.14. The van der Waals surface area contributed by atoms with Gasteiger partial charge in [0.1, 0.15) is 0 Å². The van der Waals surface area contributed by atoms with Crippen LogP contribution in [-0.4, -0.2) is 72.9 Å². The molecule has 2 N–H and O–H groups in total. The molecule has 2 heterocycles. The Kier molecular flexibility index (Phi) is 5.38. The number of hydrogen-bond acceptors (Lipinski definition) is 5. The second kappa shape index (κ2) is 6.82. The highest BCUT2D eigenvalue weighted by Crippen LogP contribution is 2.35. The molecule has 1 atom stereocenters. The van der Waals surface area contributed by atoms with Gasteiger partial charge in [0.15, 0.2) is 0 Å². The molecular formula is C13H25NO4. The first kappa shape index (κ1) is 14.2. The largest absolute Gasteiger partial charge is 0.395 e. The Morgan fingerprint density at radius 1 is 1.06 bits per heavy atom. The summed E-state index contributed by atoms with van der Waals surface area (Å²) < 4.78 is 11.4. The molecule has 18 heavy (non-hydrogen) atoms. The molecule has 2 aliphatic rings. The van der Waals surface area contributed by atoms with Crippen molar-refractivity contribution in [1.29, 1.82) is 0 Å². The summed E-state index contributed by atoms with van der Waals surface area (Å²) in [5, 5.41) is 18.2. The van der Waals surface area contributed by atoms with Crippen LogP contribution in [0.5, 0.6) is 0 Å². The smallest absolute Gasteiger partial charge is 0.0741 e. The van der Waals surface area contributed by atoms with Gasteiger partial charge in [-0.15, -0.1) is 0 Å². The lowest BCUT2D eigenvalue weighted by Gasteiger charge is -2.46. The van der Waals surface area contributed by atoms with E-state index in [1.807, 2.05) is 0 Å². The minimum absolute atomic E-state index is 0.0235. The zero-order chi connectivity index (χ0) is 12.8. The molecule has 5 heteroatoms. The van der Waals surface area contributed by atoms with Gasteiger partial charge in [-0.3, -0.25) is 4.90 Å². The van der Waals surface area contributed by atoms with E-state index in [2.05, 4.69) is 4.90 Å². The van der Waals surface area contributed by atoms with Crippen LogP contribution in [0.1, 0.15) is 25.7 Å². The minimum atomic E-state index is -0.0235. The third kappa shape index (κ3) is 3.42. The van der Waals surface area contributed by atoms with Crippen molar-refractivity contribution >= 4 is 0 Å². The molecular weight excluding hydrogens is 234 g/mol. The second-order valence-corrected chi connectivity index (χ2v) is 5.27. The summed E-state index contributed by atoms with van der Waals surface area (Å²) in [6.07, 6.45) is 3.92. The average Bonchev–Trinajstić information content (AvgIpc) is 2.39. The highest BCUT2D eigenvalue weighted by molar-refractivity contribution is 4.92. The fraction of sp³-hybridized carbons (Fsp3) is 1.00. The summed E-state index contributed by atoms with van der Waals surface area (Å²) in [4.78, 5) is 2.19. The molecule has 5 nitrogen and oxygen atoms in total. The summed E-state index contributed by atoms with van der Waals surface area (Å²) in [6.45, 7) is 3.91. The maximum absolute atomic E-state index is 9.12. The van der Waals surface area contributed by atoms with Crippen molar-refractivity contribution in [2.24, 2.45) is 0 Å². The van der Waals surface area contributed by atoms with Crippen LogP contribution in [0, 0.1) is 0 Å². The van der Waals surface area contributed by atoms with Gasteiger partial charge < -0.3 is 19.7 Å². The first-order valence-corrected chi connectivity index (χ1v) is 6.97. The predicted octanol–water partition coefficient (Wildman–Crippen LogP) is 0.00120. The molecule has 1 unspecified atom stereocenters. The van der Waals surface area contributed by atoms with Crippen molar-refractivity contribution in [1.82, 2.24) is 4.90 Å². The van der Waals surface area contributed by atoms with Gasteiger partial charge in [0.05, 0.1) is 18.8 Å². The van der Waals surface area contributed by atoms with Crippen LogP contribution >= 0.6 is 0 Å². The van der Waals surface area contributed by atoms with Crippen LogP contribution in [0.15, 0.2) is 0 Å². The highest BCUT2D eigenvalue weighted by atomic mass is 16.5. The molecule has 0 saturated carbocycles. The number of hydrogen-bond donors (Lipinski definition) is 2. The molecule has 0 bridgehead atoms. The van der Waals surface area contributed by atoms with Gasteiger partial charge >= 0.3 is 0 Å². The molecule has 0 radical (unpaired) electrons. The lowest BCUT2D eigenvalue weighted by atomic mass is 9.83. The normalized spacial score (nSPS) is 27.8. The topological polar surface area (TPSA) is 62.2 Å². The number of aliphatic hydroxyl groups is 2. The van der Waals surface area contributed by atoms with Crippen LogP contribution in [0.3, 0.4) is 0 Å². The summed E-state index contributed by atoms with van der Waals surface area (Å²) in [5.41, 5.74) is -0.0235. The molecule has 2 saturated heterocycles. The number of nitrogens with zero attached hydrogens (tertiary/aromatic N) is 1. The number of aliphatic hydroxyl groups excluding tert-OH is 2. The van der Waals surface area contributed by atoms with Gasteiger partial charge in [0.25, 0.3) is 0 Å². The molecule has 0 aromatic carbocycles. The molecule has 0 amide bonds. The third-order valence-electron chi connectivity index (χ3n) is 4.16. The van der Waals surface area contributed by atoms with Crippen molar-refractivity contribution in [3.8, 4) is 0 Å². The van der Waals surface area contributed by atoms with Crippen LogP contribution in [-0.2, 0) is 9.47 Å². The van der Waals surface area contributed by atoms with E-state index in [9.17, 15) is 0 Å². The first-order valence-electron chi connectivity index (χ1n) is 6.97. The molecule has 2 rings (SSSR count). The molecule has 0 aromatic heterocycles. The van der Waals surface area contributed by atoms with Gasteiger partial charge in [-0.25, -0.2) is 0 Å². The summed E-state index contributed by atoms with van der Waals surface area (Å²) >= 11 is 0. The van der Waals surface area contributed by atoms with E-state index in [0.29, 0.717) is 19.1 Å². The Hall–Kier alpha value is -0.200. The van der Waals surface area contributed by atoms with Gasteiger partial charge in [-0.1, -0.05) is 0 Å². The van der Waals surface area contributed by atoms with Gasteiger partial charge in [-0.2, -0.15) is 0 Å². The Bertz CT molecular complexity index is 232. The Labute approximate surface area is 109 Å². The van der Waals surface area contributed by atoms with Gasteiger partial charge in [0.2, 0.25) is 0 Å². The highest BCUT2D eigenvalue weighted by Gasteiger charge is 2.40. The SMILES string of the molecule is OCCN(CCO)C1CCOC2(CCOCC2)C1. The van der Waals surface area contributed by atoms with Crippen LogP contribution in [0.4, 0.5) is 0 Å². The summed E-state index contributed by atoms with van der Waals surface area (Å²) in [7, 11) is 0. The fourth-order valence-electron chi connectivity index (χ4n) is 3.14. The molecule has 106 valence electrons. The molecule has 2 aliphatic heterocycles. The van der Waals surface area contributed by atoms with E-state index in [1.165, 1.54) is 0 Å². The quantitative estimate of drug-likeness (QED) is 0.728. The van der Waals surface area contributed by atoms with Gasteiger partial charge in [0, 0.05) is 39.0 Å². The van der Waals surface area contributed by atoms with E-state index in [0.717, 1.165) is 45.5 Å². The van der Waals surface area contributed by atoms with Gasteiger partial charge in [-0.05, 0) is 25.7 Å². The van der Waals surface area contributed by atoms with E-state index < -0.39 is 0 Å². The zero-order valence-corrected chi connectivity index (χ0v) is 11.0. The van der Waals surface area contributed by atoms with E-state index >= 15 is 0 Å². The van der Waals surface area contributed by atoms with E-state index in [4.69, 9.17) is 19.7 Å². The standard InChI is InChI=1S/C13H25NO4/c15-6-4-14(5-7-16)12-1-8-18-13(11-12)2-9-17-10-3-13/h12,15-16H,1-11H2. The molecule has 0 aliphatic carbocycles. The summed E-state index contributed by atoms with van der Waals surface area (Å²) in [6, 6.07) is 0.413. The number of ether oxygens (including phenoxy) is 2. The van der Waals surface area contributed by atoms with Crippen molar-refractivity contribution in [3.63, 3.8) is 0 Å². The third-order valence-corrected chi connectivity index (χ3v) is 4.16. The summed E-state index contributed by atoms with van der Waals surface area (Å²) in [5.74, 6) is 0.